The number of nitrogens with zero attached hydrogens (tertiary/aromatic N) is 1. The highest BCUT2D eigenvalue weighted by Crippen LogP contribution is 2.33. The quantitative estimate of drug-likeness (QED) is 0.503. The van der Waals surface area contributed by atoms with Gasteiger partial charge in [-0.2, -0.15) is 0 Å². The molecule has 0 atom stereocenters. The van der Waals surface area contributed by atoms with E-state index in [1.807, 2.05) is 6.07 Å². The second kappa shape index (κ2) is 7.92. The molecule has 0 unspecified atom stereocenters. The van der Waals surface area contributed by atoms with Gasteiger partial charge in [0, 0.05) is 12.6 Å². The van der Waals surface area contributed by atoms with Gasteiger partial charge >= 0.3 is 11.9 Å². The molecular formula is C22H19NO5. The summed E-state index contributed by atoms with van der Waals surface area (Å²) in [6, 6.07) is 17.6. The van der Waals surface area contributed by atoms with Crippen LogP contribution < -0.4 is 0 Å². The van der Waals surface area contributed by atoms with Crippen molar-refractivity contribution in [3.63, 3.8) is 0 Å². The highest BCUT2D eigenvalue weighted by Gasteiger charge is 2.35. The van der Waals surface area contributed by atoms with Crippen LogP contribution in [0, 0.1) is 0 Å². The molecule has 6 heteroatoms. The van der Waals surface area contributed by atoms with Crippen LogP contribution in [0.1, 0.15) is 36.8 Å². The molecule has 0 N–H and O–H groups in total. The lowest BCUT2D eigenvalue weighted by molar-refractivity contribution is 0.0556. The second-order valence-corrected chi connectivity index (χ2v) is 6.05. The van der Waals surface area contributed by atoms with E-state index in [4.69, 9.17) is 9.47 Å². The number of ether oxygens (including phenoxy) is 2. The Morgan fingerprint density at radius 1 is 0.750 bits per heavy atom. The first kappa shape index (κ1) is 19.1. The number of aromatic nitrogens is 1. The summed E-state index contributed by atoms with van der Waals surface area (Å²) < 4.78 is 11.4. The van der Waals surface area contributed by atoms with Crippen LogP contribution in [-0.2, 0) is 16.5 Å². The van der Waals surface area contributed by atoms with E-state index in [9.17, 15) is 14.4 Å². The van der Waals surface area contributed by atoms with Crippen LogP contribution in [0.4, 0.5) is 0 Å². The SMILES string of the molecule is COC(=O)c1c(C(=O)OC)c(-c2ccccc2)n(C)c1C(=O)c1ccccc1. The summed E-state index contributed by atoms with van der Waals surface area (Å²) in [6.07, 6.45) is 0. The van der Waals surface area contributed by atoms with Crippen molar-refractivity contribution in [3.05, 3.63) is 83.0 Å². The fraction of sp³-hybridized carbons (Fsp3) is 0.136. The van der Waals surface area contributed by atoms with Gasteiger partial charge in [-0.3, -0.25) is 4.79 Å². The molecule has 0 aliphatic rings. The molecule has 142 valence electrons. The van der Waals surface area contributed by atoms with Gasteiger partial charge in [0.25, 0.3) is 0 Å². The fourth-order valence-electron chi connectivity index (χ4n) is 3.21. The Hall–Kier alpha value is -3.67. The van der Waals surface area contributed by atoms with Crippen LogP contribution in [0.2, 0.25) is 0 Å². The zero-order chi connectivity index (χ0) is 20.3. The zero-order valence-corrected chi connectivity index (χ0v) is 15.8. The van der Waals surface area contributed by atoms with Gasteiger partial charge in [-0.1, -0.05) is 60.7 Å². The summed E-state index contributed by atoms with van der Waals surface area (Å²) in [5.74, 6) is -1.89. The third kappa shape index (κ3) is 3.20. The summed E-state index contributed by atoms with van der Waals surface area (Å²) in [5, 5.41) is 0. The molecule has 0 saturated heterocycles. The number of rotatable bonds is 5. The van der Waals surface area contributed by atoms with Crippen molar-refractivity contribution in [1.82, 2.24) is 4.57 Å². The van der Waals surface area contributed by atoms with Gasteiger partial charge in [0.1, 0.15) is 16.8 Å². The largest absolute Gasteiger partial charge is 0.465 e. The van der Waals surface area contributed by atoms with Gasteiger partial charge in [-0.15, -0.1) is 0 Å². The van der Waals surface area contributed by atoms with Gasteiger partial charge in [0.05, 0.1) is 19.9 Å². The maximum atomic E-state index is 13.2. The molecule has 0 bridgehead atoms. The highest BCUT2D eigenvalue weighted by molar-refractivity contribution is 6.19. The lowest BCUT2D eigenvalue weighted by Gasteiger charge is -2.08. The van der Waals surface area contributed by atoms with E-state index in [0.717, 1.165) is 0 Å². The predicted molar refractivity (Wildman–Crippen MR) is 103 cm³/mol. The third-order valence-electron chi connectivity index (χ3n) is 4.47. The molecule has 3 rings (SSSR count). The fourth-order valence-corrected chi connectivity index (χ4v) is 3.21. The van der Waals surface area contributed by atoms with Crippen molar-refractivity contribution in [3.8, 4) is 11.3 Å². The Kier molecular flexibility index (Phi) is 5.40. The van der Waals surface area contributed by atoms with E-state index in [0.29, 0.717) is 16.8 Å². The van der Waals surface area contributed by atoms with Gasteiger partial charge < -0.3 is 14.0 Å². The Morgan fingerprint density at radius 3 is 1.79 bits per heavy atom. The first-order valence-electron chi connectivity index (χ1n) is 8.55. The van der Waals surface area contributed by atoms with E-state index >= 15 is 0 Å². The van der Waals surface area contributed by atoms with Crippen LogP contribution in [-0.4, -0.2) is 36.5 Å². The predicted octanol–water partition coefficient (Wildman–Crippen LogP) is 3.50. The van der Waals surface area contributed by atoms with Gasteiger partial charge in [-0.25, -0.2) is 9.59 Å². The van der Waals surface area contributed by atoms with Gasteiger partial charge in [0.15, 0.2) is 0 Å². The van der Waals surface area contributed by atoms with Crippen molar-refractivity contribution < 1.29 is 23.9 Å². The second-order valence-electron chi connectivity index (χ2n) is 6.05. The molecule has 0 amide bonds. The maximum Gasteiger partial charge on any atom is 0.341 e. The summed E-state index contributed by atoms with van der Waals surface area (Å²) in [7, 11) is 4.07. The van der Waals surface area contributed by atoms with Gasteiger partial charge in [-0.05, 0) is 5.56 Å². The Balaban J connectivity index is 2.39. The lowest BCUT2D eigenvalue weighted by Crippen LogP contribution is -2.16. The molecule has 2 aromatic carbocycles. The van der Waals surface area contributed by atoms with E-state index in [2.05, 4.69) is 0 Å². The molecule has 1 aromatic heterocycles. The first-order chi connectivity index (χ1) is 13.5. The van der Waals surface area contributed by atoms with E-state index < -0.39 is 17.7 Å². The number of esters is 2. The molecule has 0 radical (unpaired) electrons. The standard InChI is InChI=1S/C22H19NO5/c1-23-18(14-10-6-4-7-11-14)16(21(25)27-2)17(22(26)28-3)19(23)20(24)15-12-8-5-9-13-15/h4-13H,1-3H3. The maximum absolute atomic E-state index is 13.2. The molecule has 6 nitrogen and oxygen atoms in total. The number of ketones is 1. The van der Waals surface area contributed by atoms with Crippen molar-refractivity contribution in [2.24, 2.45) is 7.05 Å². The number of hydrogen-bond acceptors (Lipinski definition) is 5. The van der Waals surface area contributed by atoms with E-state index in [1.165, 1.54) is 14.2 Å². The number of methoxy groups -OCH3 is 2. The minimum Gasteiger partial charge on any atom is -0.465 e. The number of benzene rings is 2. The summed E-state index contributed by atoms with van der Waals surface area (Å²) in [4.78, 5) is 38.5. The minimum absolute atomic E-state index is 0.00216. The smallest absolute Gasteiger partial charge is 0.341 e. The van der Waals surface area contributed by atoms with Crippen LogP contribution in [0.3, 0.4) is 0 Å². The van der Waals surface area contributed by atoms with Crippen molar-refractivity contribution in [2.75, 3.05) is 14.2 Å². The van der Waals surface area contributed by atoms with Crippen LogP contribution >= 0.6 is 0 Å². The number of carbonyl (C=O) groups is 3. The zero-order valence-electron chi connectivity index (χ0n) is 15.8. The third-order valence-corrected chi connectivity index (χ3v) is 4.47. The summed E-state index contributed by atoms with van der Waals surface area (Å²) in [5.41, 5.74) is 1.43. The van der Waals surface area contributed by atoms with Crippen LogP contribution in [0.5, 0.6) is 0 Å². The van der Waals surface area contributed by atoms with Gasteiger partial charge in [0.2, 0.25) is 5.78 Å². The monoisotopic (exact) mass is 377 g/mol. The van der Waals surface area contributed by atoms with E-state index in [-0.39, 0.29) is 16.8 Å². The molecule has 0 spiro atoms. The summed E-state index contributed by atoms with van der Waals surface area (Å²) in [6.45, 7) is 0. The molecule has 0 fully saturated rings. The normalized spacial score (nSPS) is 10.4. The van der Waals surface area contributed by atoms with Crippen molar-refractivity contribution in [1.29, 1.82) is 0 Å². The van der Waals surface area contributed by atoms with Crippen molar-refractivity contribution in [2.45, 2.75) is 0 Å². The summed E-state index contributed by atoms with van der Waals surface area (Å²) >= 11 is 0. The molecule has 1 heterocycles. The average Bonchev–Trinajstić information content (AvgIpc) is 3.06. The molecule has 0 aliphatic heterocycles. The molecular weight excluding hydrogens is 358 g/mol. The molecule has 0 aliphatic carbocycles. The van der Waals surface area contributed by atoms with Crippen molar-refractivity contribution >= 4 is 17.7 Å². The lowest BCUT2D eigenvalue weighted by atomic mass is 10.0. The first-order valence-corrected chi connectivity index (χ1v) is 8.55. The Labute approximate surface area is 162 Å². The highest BCUT2D eigenvalue weighted by atomic mass is 16.5. The molecule has 3 aromatic rings. The Bertz CT molecular complexity index is 1040. The van der Waals surface area contributed by atoms with Crippen LogP contribution in [0.15, 0.2) is 60.7 Å². The number of hydrogen-bond donors (Lipinski definition) is 0. The average molecular weight is 377 g/mol. The topological polar surface area (TPSA) is 74.6 Å². The Morgan fingerprint density at radius 2 is 1.25 bits per heavy atom. The minimum atomic E-state index is -0.780. The molecule has 28 heavy (non-hydrogen) atoms. The molecule has 0 saturated carbocycles. The van der Waals surface area contributed by atoms with Crippen LogP contribution in [0.25, 0.3) is 11.3 Å². The van der Waals surface area contributed by atoms with E-state index in [1.54, 1.807) is 66.2 Å². The number of carbonyl (C=O) groups excluding carboxylic acids is 3.